The first-order chi connectivity index (χ1) is 24.1. The van der Waals surface area contributed by atoms with Gasteiger partial charge in [-0.1, -0.05) is 31.1 Å². The van der Waals surface area contributed by atoms with Crippen molar-refractivity contribution < 1.29 is 36.7 Å². The van der Waals surface area contributed by atoms with E-state index in [4.69, 9.17) is 17.0 Å². The number of hydrogen-bond acceptors (Lipinski definition) is 8. The predicted octanol–water partition coefficient (Wildman–Crippen LogP) is 2.93. The Bertz CT molecular complexity index is 1730. The van der Waals surface area contributed by atoms with Gasteiger partial charge in [-0.25, -0.2) is 17.6 Å². The minimum Gasteiger partial charge on any atom is -0.444 e. The van der Waals surface area contributed by atoms with Crippen molar-refractivity contribution in [3.05, 3.63) is 41.7 Å². The van der Waals surface area contributed by atoms with Crippen molar-refractivity contribution in [2.24, 2.45) is 5.92 Å². The Morgan fingerprint density at radius 1 is 1.12 bits per heavy atom. The number of nitrogens with one attached hydrogen (secondary N) is 4. The molecule has 5 aliphatic rings. The van der Waals surface area contributed by atoms with E-state index in [1.807, 2.05) is 32.9 Å². The van der Waals surface area contributed by atoms with Crippen LogP contribution in [0.1, 0.15) is 84.1 Å². The van der Waals surface area contributed by atoms with E-state index in [1.165, 1.54) is 21.9 Å². The van der Waals surface area contributed by atoms with Crippen LogP contribution in [0.25, 0.3) is 0 Å². The summed E-state index contributed by atoms with van der Waals surface area (Å²) < 4.78 is 48.0. The molecular weight excluding hydrogens is 700 g/mol. The summed E-state index contributed by atoms with van der Waals surface area (Å²) in [6.07, 6.45) is 7.03. The Morgan fingerprint density at radius 3 is 2.61 bits per heavy atom. The van der Waals surface area contributed by atoms with E-state index in [0.29, 0.717) is 49.8 Å². The number of rotatable bonds is 5. The Balaban J connectivity index is 1.27. The molecule has 2 aliphatic carbocycles. The van der Waals surface area contributed by atoms with Gasteiger partial charge in [0.15, 0.2) is 5.11 Å². The van der Waals surface area contributed by atoms with E-state index in [1.54, 1.807) is 6.07 Å². The first-order valence-electron chi connectivity index (χ1n) is 17.8. The molecule has 0 bridgehead atoms. The molecule has 4 amide bonds. The number of halogens is 1. The van der Waals surface area contributed by atoms with Crippen molar-refractivity contribution >= 4 is 56.9 Å². The molecule has 13 nitrogen and oxygen atoms in total. The second kappa shape index (κ2) is 14.3. The highest BCUT2D eigenvalue weighted by atomic mass is 32.2. The van der Waals surface area contributed by atoms with Gasteiger partial charge in [0.2, 0.25) is 21.8 Å². The SMILES string of the molecule is CC(C)(C)NC(=S)N[C@H]1CCCCC/C=C\[C@@H]2C[C@@]2(C(=O)NS(=O)(=O)C2CC2)NC(=O)[C@@H]2C[C@@H](OC(=O)N3CCc4c(F)cccc43)CN2C1=O. The number of thiocarbonyl (C=S) groups is 1. The summed E-state index contributed by atoms with van der Waals surface area (Å²) in [4.78, 5) is 58.4. The zero-order valence-electron chi connectivity index (χ0n) is 29.2. The molecule has 3 fully saturated rings. The molecule has 0 aromatic heterocycles. The van der Waals surface area contributed by atoms with Crippen LogP contribution in [0.15, 0.2) is 30.4 Å². The van der Waals surface area contributed by atoms with Crippen LogP contribution < -0.4 is 25.6 Å². The number of hydrogen-bond donors (Lipinski definition) is 4. The van der Waals surface area contributed by atoms with Gasteiger partial charge in [0.25, 0.3) is 5.91 Å². The Morgan fingerprint density at radius 2 is 1.88 bits per heavy atom. The van der Waals surface area contributed by atoms with Crippen LogP contribution >= 0.6 is 12.2 Å². The van der Waals surface area contributed by atoms with Crippen molar-refractivity contribution in [2.45, 2.75) is 119 Å². The summed E-state index contributed by atoms with van der Waals surface area (Å²) in [6, 6.07) is 2.54. The maximum atomic E-state index is 14.4. The van der Waals surface area contributed by atoms with Crippen LogP contribution in [0.2, 0.25) is 0 Å². The molecule has 0 unspecified atom stereocenters. The van der Waals surface area contributed by atoms with Gasteiger partial charge >= 0.3 is 6.09 Å². The number of ether oxygens (including phenoxy) is 1. The van der Waals surface area contributed by atoms with Crippen LogP contribution in [0, 0.1) is 11.7 Å². The normalized spacial score (nSPS) is 28.9. The van der Waals surface area contributed by atoms with Crippen molar-refractivity contribution in [3.63, 3.8) is 0 Å². The molecule has 1 saturated heterocycles. The molecule has 6 rings (SSSR count). The third kappa shape index (κ3) is 8.32. The maximum absolute atomic E-state index is 14.4. The highest BCUT2D eigenvalue weighted by Crippen LogP contribution is 2.46. The van der Waals surface area contributed by atoms with E-state index in [9.17, 15) is 32.0 Å². The lowest BCUT2D eigenvalue weighted by atomic mass is 10.0. The zero-order valence-corrected chi connectivity index (χ0v) is 30.8. The summed E-state index contributed by atoms with van der Waals surface area (Å²) in [5.41, 5.74) is -1.07. The number of nitrogens with zero attached hydrogens (tertiary/aromatic N) is 2. The predicted molar refractivity (Wildman–Crippen MR) is 192 cm³/mol. The van der Waals surface area contributed by atoms with Gasteiger partial charge in [-0.2, -0.15) is 0 Å². The molecule has 5 atom stereocenters. The van der Waals surface area contributed by atoms with Crippen LogP contribution in [0.3, 0.4) is 0 Å². The second-order valence-corrected chi connectivity index (χ2v) is 17.7. The molecule has 1 aromatic carbocycles. The van der Waals surface area contributed by atoms with E-state index < -0.39 is 74.5 Å². The Hall–Kier alpha value is -3.79. The molecule has 2 saturated carbocycles. The fraction of sp³-hybridized carbons (Fsp3) is 0.629. The van der Waals surface area contributed by atoms with E-state index >= 15 is 0 Å². The Labute approximate surface area is 303 Å². The minimum absolute atomic E-state index is 0.0663. The third-order valence-electron chi connectivity index (χ3n) is 10.1. The first kappa shape index (κ1) is 37.0. The van der Waals surface area contributed by atoms with Crippen LogP contribution in [0.4, 0.5) is 14.9 Å². The first-order valence-corrected chi connectivity index (χ1v) is 19.7. The van der Waals surface area contributed by atoms with Crippen molar-refractivity contribution in [1.82, 2.24) is 25.6 Å². The van der Waals surface area contributed by atoms with Crippen LogP contribution in [0.5, 0.6) is 0 Å². The fourth-order valence-electron chi connectivity index (χ4n) is 7.17. The number of allylic oxidation sites excluding steroid dienone is 1. The smallest absolute Gasteiger partial charge is 0.414 e. The van der Waals surface area contributed by atoms with E-state index in [0.717, 1.165) is 12.8 Å². The number of anilines is 1. The molecular formula is C35H47FN6O7S2. The number of amides is 4. The van der Waals surface area contributed by atoms with Gasteiger partial charge in [-0.3, -0.25) is 24.0 Å². The highest BCUT2D eigenvalue weighted by molar-refractivity contribution is 7.91. The lowest BCUT2D eigenvalue weighted by Crippen LogP contribution is -2.59. The van der Waals surface area contributed by atoms with E-state index in [-0.39, 0.29) is 36.6 Å². The summed E-state index contributed by atoms with van der Waals surface area (Å²) in [5, 5.41) is 8.79. The largest absolute Gasteiger partial charge is 0.444 e. The van der Waals surface area contributed by atoms with Crippen molar-refractivity contribution in [3.8, 4) is 0 Å². The number of carbonyl (C=O) groups is 4. The molecule has 1 aromatic rings. The average molecular weight is 747 g/mol. The lowest BCUT2D eigenvalue weighted by molar-refractivity contribution is -0.141. The number of sulfonamides is 1. The molecule has 4 N–H and O–H groups in total. The van der Waals surface area contributed by atoms with Gasteiger partial charge in [-0.05, 0) is 90.1 Å². The fourth-order valence-corrected chi connectivity index (χ4v) is 8.98. The molecule has 3 aliphatic heterocycles. The number of fused-ring (bicyclic) bond motifs is 3. The third-order valence-corrected chi connectivity index (χ3v) is 12.1. The van der Waals surface area contributed by atoms with Gasteiger partial charge in [0.1, 0.15) is 29.5 Å². The summed E-state index contributed by atoms with van der Waals surface area (Å²) in [5.74, 6) is -2.74. The molecule has 3 heterocycles. The average Bonchev–Trinajstić information content (AvgIpc) is 3.93. The summed E-state index contributed by atoms with van der Waals surface area (Å²) in [6.45, 7) is 5.92. The lowest BCUT2D eigenvalue weighted by Gasteiger charge is -2.31. The maximum Gasteiger partial charge on any atom is 0.414 e. The molecule has 51 heavy (non-hydrogen) atoms. The van der Waals surface area contributed by atoms with Crippen molar-refractivity contribution in [2.75, 3.05) is 18.0 Å². The summed E-state index contributed by atoms with van der Waals surface area (Å²) in [7, 11) is -3.89. The van der Waals surface area contributed by atoms with Gasteiger partial charge in [-0.15, -0.1) is 0 Å². The molecule has 278 valence electrons. The van der Waals surface area contributed by atoms with Gasteiger partial charge in [0.05, 0.1) is 17.5 Å². The molecule has 0 radical (unpaired) electrons. The highest BCUT2D eigenvalue weighted by Gasteiger charge is 2.62. The zero-order chi connectivity index (χ0) is 36.7. The van der Waals surface area contributed by atoms with Gasteiger partial charge in [0, 0.05) is 30.0 Å². The standard InChI is InChI=1S/C35H47FN6O7S2/c1-34(2,3)39-32(50)37-26-12-8-6-4-5-7-10-21-19-35(21,31(45)40-51(47,48)23-14-15-23)38-29(43)28-18-22(20-42(28)30(26)44)49-33(46)41-17-16-24-25(36)11-9-13-27(24)41/h7,9-11,13,21-23,26,28H,4-6,8,12,14-20H2,1-3H3,(H,38,43)(H,40,45)(H2,37,39,50)/b10-7-/t21-,22-,26+,28+,35-/m1/s1. The van der Waals surface area contributed by atoms with Crippen molar-refractivity contribution in [1.29, 1.82) is 0 Å². The quantitative estimate of drug-likeness (QED) is 0.260. The molecule has 0 spiro atoms. The number of carbonyl (C=O) groups excluding carboxylic acids is 4. The van der Waals surface area contributed by atoms with Crippen LogP contribution in [-0.4, -0.2) is 89.8 Å². The van der Waals surface area contributed by atoms with Gasteiger partial charge < -0.3 is 25.6 Å². The summed E-state index contributed by atoms with van der Waals surface area (Å²) >= 11 is 5.56. The minimum atomic E-state index is -3.89. The van der Waals surface area contributed by atoms with Crippen LogP contribution in [-0.2, 0) is 35.6 Å². The Kier molecular flexibility index (Phi) is 10.4. The number of benzene rings is 1. The second-order valence-electron chi connectivity index (χ2n) is 15.3. The van der Waals surface area contributed by atoms with E-state index in [2.05, 4.69) is 20.7 Å². The topological polar surface area (TPSA) is 166 Å². The monoisotopic (exact) mass is 746 g/mol. The molecule has 16 heteroatoms.